The Bertz CT molecular complexity index is 2070. The summed E-state index contributed by atoms with van der Waals surface area (Å²) in [6.07, 6.45) is 5.24. The number of esters is 1. The maximum atomic E-state index is 14.8. The van der Waals surface area contributed by atoms with Gasteiger partial charge < -0.3 is 19.7 Å². The van der Waals surface area contributed by atoms with E-state index in [0.29, 0.717) is 55.0 Å². The third-order valence-electron chi connectivity index (χ3n) is 12.1. The van der Waals surface area contributed by atoms with Crippen molar-refractivity contribution < 1.29 is 45.9 Å². The van der Waals surface area contributed by atoms with Crippen molar-refractivity contribution in [3.8, 4) is 5.75 Å². The summed E-state index contributed by atoms with van der Waals surface area (Å²) < 4.78 is 68.9. The fourth-order valence-corrected chi connectivity index (χ4v) is 9.66. The molecule has 0 radical (unpaired) electrons. The van der Waals surface area contributed by atoms with Gasteiger partial charge in [0.1, 0.15) is 22.9 Å². The molecule has 3 amide bonds. The number of nitrogens with zero attached hydrogens (tertiary/aromatic N) is 2. The number of pyridine rings is 1. The monoisotopic (exact) mass is 814 g/mol. The summed E-state index contributed by atoms with van der Waals surface area (Å²) in [5.74, 6) is -3.96. The van der Waals surface area contributed by atoms with E-state index in [4.69, 9.17) is 9.47 Å². The minimum Gasteiger partial charge on any atom is -0.483 e. The summed E-state index contributed by atoms with van der Waals surface area (Å²) in [5, 5.41) is 3.54. The van der Waals surface area contributed by atoms with Gasteiger partial charge >= 0.3 is 5.97 Å². The fraction of sp³-hybridized carbons (Fsp3) is 0.643. The predicted octanol–water partition coefficient (Wildman–Crippen LogP) is 6.46. The van der Waals surface area contributed by atoms with Crippen molar-refractivity contribution >= 4 is 44.6 Å². The van der Waals surface area contributed by atoms with Crippen LogP contribution in [0.3, 0.4) is 0 Å². The molecule has 7 rings (SSSR count). The van der Waals surface area contributed by atoms with Crippen LogP contribution in [-0.2, 0) is 40.4 Å². The number of alkyl halides is 2. The molecule has 2 saturated carbocycles. The van der Waals surface area contributed by atoms with Crippen molar-refractivity contribution in [3.05, 3.63) is 47.7 Å². The minimum atomic E-state index is -4.04. The molecule has 0 bridgehead atoms. The number of benzene rings is 1. The third-order valence-corrected chi connectivity index (χ3v) is 14.3. The van der Waals surface area contributed by atoms with Crippen LogP contribution in [0.4, 0.5) is 8.78 Å². The summed E-state index contributed by atoms with van der Waals surface area (Å²) in [5.41, 5.74) is -2.70. The van der Waals surface area contributed by atoms with Crippen LogP contribution in [-0.4, -0.2) is 77.1 Å². The molecule has 1 saturated heterocycles. The number of amides is 3. The quantitative estimate of drug-likeness (QED) is 0.236. The first-order valence-electron chi connectivity index (χ1n) is 19.8. The predicted molar refractivity (Wildman–Crippen MR) is 210 cm³/mol. The number of sulfonamides is 1. The summed E-state index contributed by atoms with van der Waals surface area (Å²) in [4.78, 5) is 62.1. The van der Waals surface area contributed by atoms with Crippen LogP contribution in [0.2, 0.25) is 0 Å². The van der Waals surface area contributed by atoms with E-state index < -0.39 is 79.6 Å². The van der Waals surface area contributed by atoms with Crippen molar-refractivity contribution in [1.82, 2.24) is 19.9 Å². The van der Waals surface area contributed by atoms with Gasteiger partial charge in [0.05, 0.1) is 29.8 Å². The zero-order valence-electron chi connectivity index (χ0n) is 32.5. The first kappa shape index (κ1) is 42.5. The summed E-state index contributed by atoms with van der Waals surface area (Å²) in [6, 6.07) is 5.75. The molecular formula is C42H56F2N4O8S. The Kier molecular flexibility index (Phi) is 11.6. The van der Waals surface area contributed by atoms with E-state index in [-0.39, 0.29) is 57.4 Å². The molecule has 2 aliphatic carbocycles. The molecule has 5 atom stereocenters. The van der Waals surface area contributed by atoms with Crippen LogP contribution in [0, 0.1) is 17.3 Å². The van der Waals surface area contributed by atoms with Gasteiger partial charge in [-0.25, -0.2) is 22.2 Å². The molecule has 1 aromatic carbocycles. The van der Waals surface area contributed by atoms with Gasteiger partial charge in [-0.2, -0.15) is 0 Å². The number of carbonyl (C=O) groups is 4. The Labute approximate surface area is 333 Å². The topological polar surface area (TPSA) is 161 Å². The summed E-state index contributed by atoms with van der Waals surface area (Å²) >= 11 is 0. The molecule has 2 N–H and O–H groups in total. The Morgan fingerprint density at radius 3 is 2.54 bits per heavy atom. The second kappa shape index (κ2) is 15.6. The molecule has 3 fully saturated rings. The lowest BCUT2D eigenvalue weighted by molar-refractivity contribution is -0.152. The lowest BCUT2D eigenvalue weighted by atomic mass is 9.87. The van der Waals surface area contributed by atoms with Gasteiger partial charge in [0, 0.05) is 29.2 Å². The van der Waals surface area contributed by atoms with Crippen LogP contribution in [0.15, 0.2) is 36.4 Å². The van der Waals surface area contributed by atoms with Gasteiger partial charge in [-0.3, -0.25) is 23.9 Å². The fourth-order valence-electron chi connectivity index (χ4n) is 8.34. The first-order chi connectivity index (χ1) is 26.4. The van der Waals surface area contributed by atoms with Crippen molar-refractivity contribution in [2.24, 2.45) is 17.3 Å². The van der Waals surface area contributed by atoms with E-state index in [1.165, 1.54) is 4.90 Å². The summed E-state index contributed by atoms with van der Waals surface area (Å²) in [6.45, 7) is 7.36. The lowest BCUT2D eigenvalue weighted by Gasteiger charge is -2.37. The van der Waals surface area contributed by atoms with Crippen LogP contribution in [0.5, 0.6) is 5.75 Å². The minimum absolute atomic E-state index is 0. The molecule has 15 heteroatoms. The van der Waals surface area contributed by atoms with Gasteiger partial charge in [-0.1, -0.05) is 71.4 Å². The Morgan fingerprint density at radius 1 is 1.11 bits per heavy atom. The normalized spacial score (nSPS) is 29.0. The number of hydrogen-bond donors (Lipinski definition) is 2. The van der Waals surface area contributed by atoms with Crippen molar-refractivity contribution in [2.45, 2.75) is 141 Å². The molecule has 1 spiro atoms. The van der Waals surface area contributed by atoms with Crippen molar-refractivity contribution in [2.75, 3.05) is 13.2 Å². The second-order valence-electron chi connectivity index (χ2n) is 17.9. The average Bonchev–Trinajstić information content (AvgIpc) is 4.03. The number of allylic oxidation sites excluding steroid dienone is 1. The van der Waals surface area contributed by atoms with Crippen LogP contribution < -0.4 is 14.8 Å². The number of fused-ring (bicyclic) bond motifs is 5. The van der Waals surface area contributed by atoms with Gasteiger partial charge in [0.15, 0.2) is 5.75 Å². The number of ether oxygens (including phenoxy) is 2. The number of nitrogens with one attached hydrogen (secondary N) is 2. The Morgan fingerprint density at radius 2 is 1.84 bits per heavy atom. The molecule has 57 heavy (non-hydrogen) atoms. The Hall–Kier alpha value is -4.14. The molecule has 2 aromatic rings. The van der Waals surface area contributed by atoms with Crippen LogP contribution >= 0.6 is 0 Å². The van der Waals surface area contributed by atoms with Crippen LogP contribution in [0.25, 0.3) is 10.9 Å². The second-order valence-corrected chi connectivity index (χ2v) is 20.1. The van der Waals surface area contributed by atoms with Crippen molar-refractivity contribution in [3.63, 3.8) is 0 Å². The maximum Gasteiger partial charge on any atom is 0.306 e. The number of para-hydroxylation sites is 1. The SMILES string of the molecule is C.CC(C)(C)COC(=O)C[C@H]1CCCCC/C=C\[C@@H]2C[C@@]2(C(=O)NS(=O)(=O)C2(C)CC2)NC(=O)[C@@H]2C[C@]3(CCc4c(c(C(F)F)nc5ccccc45)O3)CN2C1=O. The number of halogens is 2. The number of aromatic nitrogens is 1. The highest BCUT2D eigenvalue weighted by Gasteiger charge is 2.64. The molecule has 12 nitrogen and oxygen atoms in total. The van der Waals surface area contributed by atoms with E-state index in [9.17, 15) is 36.4 Å². The zero-order valence-corrected chi connectivity index (χ0v) is 33.3. The molecule has 312 valence electrons. The first-order valence-corrected chi connectivity index (χ1v) is 21.2. The third kappa shape index (κ3) is 8.54. The smallest absolute Gasteiger partial charge is 0.306 e. The number of carbonyl (C=O) groups excluding carboxylic acids is 4. The van der Waals surface area contributed by atoms with Gasteiger partial charge in [-0.15, -0.1) is 0 Å². The number of rotatable bonds is 7. The highest BCUT2D eigenvalue weighted by atomic mass is 32.2. The van der Waals surface area contributed by atoms with E-state index in [0.717, 1.165) is 12.8 Å². The van der Waals surface area contributed by atoms with Crippen LogP contribution in [0.1, 0.15) is 123 Å². The van der Waals surface area contributed by atoms with Gasteiger partial charge in [-0.05, 0) is 69.8 Å². The van der Waals surface area contributed by atoms with E-state index in [2.05, 4.69) is 15.0 Å². The highest BCUT2D eigenvalue weighted by molar-refractivity contribution is 7.91. The van der Waals surface area contributed by atoms with Crippen molar-refractivity contribution in [1.29, 1.82) is 0 Å². The highest BCUT2D eigenvalue weighted by Crippen LogP contribution is 2.50. The van der Waals surface area contributed by atoms with Gasteiger partial charge in [0.25, 0.3) is 12.3 Å². The lowest BCUT2D eigenvalue weighted by Crippen LogP contribution is -2.57. The largest absolute Gasteiger partial charge is 0.483 e. The molecule has 3 aliphatic heterocycles. The zero-order chi connectivity index (χ0) is 40.3. The van der Waals surface area contributed by atoms with E-state index >= 15 is 0 Å². The average molecular weight is 815 g/mol. The molecular weight excluding hydrogens is 759 g/mol. The standard InChI is InChI=1S/C41H52F2N4O8S.CH4/c1-38(2,3)24-54-31(48)20-25-12-8-6-5-7-9-13-26-21-41(26,37(51)46-56(52,53)39(4)18-19-39)45-35(49)30-22-40(23-47(30)36(25)50)17-16-28-27-14-10-11-15-29(27)44-32(34(42)43)33(28)55-40;/h9-11,13-15,25-26,30,34H,5-8,12,16-24H2,1-4H3,(H,45,49)(H,46,51);1H4/b13-9-;/t25-,26-,30+,40-,41-;/m1./s1. The number of hydrogen-bond acceptors (Lipinski definition) is 9. The van der Waals surface area contributed by atoms with E-state index in [1.807, 2.05) is 32.9 Å². The summed E-state index contributed by atoms with van der Waals surface area (Å²) in [7, 11) is -4.04. The Balaban J connectivity index is 0.00000549. The molecule has 4 heterocycles. The number of aryl methyl sites for hydroxylation is 1. The molecule has 5 aliphatic rings. The maximum absolute atomic E-state index is 14.8. The van der Waals surface area contributed by atoms with E-state index in [1.54, 1.807) is 31.2 Å². The van der Waals surface area contributed by atoms with Gasteiger partial charge in [0.2, 0.25) is 21.8 Å². The molecule has 1 aromatic heterocycles. The molecule has 0 unspecified atom stereocenters.